The first-order valence-corrected chi connectivity index (χ1v) is 7.14. The van der Waals surface area contributed by atoms with Gasteiger partial charge in [-0.15, -0.1) is 0 Å². The van der Waals surface area contributed by atoms with E-state index in [0.717, 1.165) is 0 Å². The summed E-state index contributed by atoms with van der Waals surface area (Å²) < 4.78 is 10.4. The molecule has 8 heteroatoms. The van der Waals surface area contributed by atoms with Crippen LogP contribution in [0.5, 0.6) is 5.75 Å². The summed E-state index contributed by atoms with van der Waals surface area (Å²) in [6, 6.07) is 9.41. The summed E-state index contributed by atoms with van der Waals surface area (Å²) in [6.45, 7) is 1.16. The number of urea groups is 1. The normalized spacial score (nSPS) is 9.88. The highest BCUT2D eigenvalue weighted by Gasteiger charge is 2.11. The first kappa shape index (κ1) is 17.1. The molecule has 0 aliphatic rings. The minimum Gasteiger partial charge on any atom is -0.482 e. The van der Waals surface area contributed by atoms with Crippen LogP contribution in [0, 0.1) is 0 Å². The predicted molar refractivity (Wildman–Crippen MR) is 85.3 cm³/mol. The Morgan fingerprint density at radius 2 is 1.92 bits per heavy atom. The van der Waals surface area contributed by atoms with E-state index in [1.807, 2.05) is 0 Å². The average Bonchev–Trinajstić information content (AvgIpc) is 3.05. The van der Waals surface area contributed by atoms with Gasteiger partial charge in [0, 0.05) is 6.92 Å². The summed E-state index contributed by atoms with van der Waals surface area (Å²) in [5.41, 5.74) is 0.445. The number of para-hydroxylation sites is 2. The lowest BCUT2D eigenvalue weighted by molar-refractivity contribution is -0.122. The first-order valence-electron chi connectivity index (χ1n) is 7.14. The summed E-state index contributed by atoms with van der Waals surface area (Å²) >= 11 is 0. The maximum absolute atomic E-state index is 11.7. The van der Waals surface area contributed by atoms with Gasteiger partial charge in [-0.05, 0) is 24.3 Å². The molecule has 1 aromatic carbocycles. The van der Waals surface area contributed by atoms with Crippen molar-refractivity contribution >= 4 is 23.5 Å². The fourth-order valence-electron chi connectivity index (χ4n) is 1.82. The number of rotatable bonds is 6. The van der Waals surface area contributed by atoms with Gasteiger partial charge in [0.2, 0.25) is 5.91 Å². The quantitative estimate of drug-likeness (QED) is 0.745. The van der Waals surface area contributed by atoms with E-state index in [1.165, 1.54) is 13.2 Å². The number of hydrogen-bond acceptors (Lipinski definition) is 5. The molecule has 0 unspecified atom stereocenters. The Kier molecular flexibility index (Phi) is 5.95. The minimum absolute atomic E-state index is 0.165. The van der Waals surface area contributed by atoms with Crippen LogP contribution < -0.4 is 20.7 Å². The van der Waals surface area contributed by atoms with Gasteiger partial charge in [0.25, 0.3) is 5.91 Å². The van der Waals surface area contributed by atoms with Crippen LogP contribution in [0.2, 0.25) is 0 Å². The number of imide groups is 1. The van der Waals surface area contributed by atoms with Gasteiger partial charge in [0.15, 0.2) is 6.61 Å². The fraction of sp³-hybridized carbons (Fsp3) is 0.188. The Balaban J connectivity index is 1.78. The lowest BCUT2D eigenvalue weighted by Crippen LogP contribution is -2.41. The molecule has 3 N–H and O–H groups in total. The van der Waals surface area contributed by atoms with Crippen LogP contribution in [0.25, 0.3) is 0 Å². The molecule has 0 aliphatic carbocycles. The molecule has 0 radical (unpaired) electrons. The molecule has 0 spiro atoms. The van der Waals surface area contributed by atoms with Crippen LogP contribution in [0.4, 0.5) is 10.5 Å². The van der Waals surface area contributed by atoms with Gasteiger partial charge in [0.05, 0.1) is 18.5 Å². The molecule has 126 valence electrons. The Bertz CT molecular complexity index is 712. The molecule has 8 nitrogen and oxygen atoms in total. The molecule has 0 bridgehead atoms. The van der Waals surface area contributed by atoms with E-state index in [9.17, 15) is 14.4 Å². The summed E-state index contributed by atoms with van der Waals surface area (Å²) in [5, 5.41) is 7.19. The van der Waals surface area contributed by atoms with Crippen molar-refractivity contribution in [3.63, 3.8) is 0 Å². The Morgan fingerprint density at radius 1 is 1.12 bits per heavy atom. The highest BCUT2D eigenvalue weighted by atomic mass is 16.5. The molecule has 0 atom stereocenters. The molecule has 1 aromatic heterocycles. The van der Waals surface area contributed by atoms with Crippen LogP contribution in [0.1, 0.15) is 12.7 Å². The number of hydrogen-bond donors (Lipinski definition) is 3. The van der Waals surface area contributed by atoms with Gasteiger partial charge >= 0.3 is 6.03 Å². The standard InChI is InChI=1S/C16H17N3O5/c1-11(20)18-13-6-2-3-7-14(13)24-10-15(21)19-16(22)17-9-12-5-4-8-23-12/h2-8H,9-10H2,1H3,(H,18,20)(H2,17,19,21,22). The first-order chi connectivity index (χ1) is 11.5. The van der Waals surface area contributed by atoms with Crippen molar-refractivity contribution in [1.29, 1.82) is 0 Å². The van der Waals surface area contributed by atoms with E-state index in [4.69, 9.17) is 9.15 Å². The number of furan rings is 1. The largest absolute Gasteiger partial charge is 0.482 e. The van der Waals surface area contributed by atoms with E-state index in [2.05, 4.69) is 16.0 Å². The van der Waals surface area contributed by atoms with E-state index in [1.54, 1.807) is 36.4 Å². The Morgan fingerprint density at radius 3 is 2.62 bits per heavy atom. The summed E-state index contributed by atoms with van der Waals surface area (Å²) in [5.74, 6) is 0.0225. The third-order valence-electron chi connectivity index (χ3n) is 2.81. The summed E-state index contributed by atoms with van der Waals surface area (Å²) in [7, 11) is 0. The van der Waals surface area contributed by atoms with E-state index < -0.39 is 11.9 Å². The molecule has 0 saturated carbocycles. The van der Waals surface area contributed by atoms with E-state index in [-0.39, 0.29) is 19.1 Å². The average molecular weight is 331 g/mol. The molecule has 4 amide bonds. The molecule has 0 fully saturated rings. The second-order valence-corrected chi connectivity index (χ2v) is 4.78. The van der Waals surface area contributed by atoms with Crippen LogP contribution in [0.15, 0.2) is 47.1 Å². The van der Waals surface area contributed by atoms with Crippen molar-refractivity contribution in [3.05, 3.63) is 48.4 Å². The SMILES string of the molecule is CC(=O)Nc1ccccc1OCC(=O)NC(=O)NCc1ccco1. The van der Waals surface area contributed by atoms with Gasteiger partial charge < -0.3 is 19.8 Å². The summed E-state index contributed by atoms with van der Waals surface area (Å²) in [6.07, 6.45) is 1.49. The zero-order chi connectivity index (χ0) is 17.4. The van der Waals surface area contributed by atoms with Gasteiger partial charge in [-0.1, -0.05) is 12.1 Å². The zero-order valence-corrected chi connectivity index (χ0v) is 13.0. The monoisotopic (exact) mass is 331 g/mol. The van der Waals surface area contributed by atoms with Crippen molar-refractivity contribution in [3.8, 4) is 5.75 Å². The Hall–Kier alpha value is -3.29. The molecular formula is C16H17N3O5. The highest BCUT2D eigenvalue weighted by molar-refractivity contribution is 5.95. The Labute approximate surface area is 138 Å². The molecule has 24 heavy (non-hydrogen) atoms. The lowest BCUT2D eigenvalue weighted by atomic mass is 10.3. The number of amides is 4. The second-order valence-electron chi connectivity index (χ2n) is 4.78. The van der Waals surface area contributed by atoms with Crippen LogP contribution in [-0.2, 0) is 16.1 Å². The third kappa shape index (κ3) is 5.48. The second kappa shape index (κ2) is 8.37. The van der Waals surface area contributed by atoms with Crippen molar-refractivity contribution in [2.45, 2.75) is 13.5 Å². The van der Waals surface area contributed by atoms with Gasteiger partial charge in [-0.2, -0.15) is 0 Å². The smallest absolute Gasteiger partial charge is 0.321 e. The van der Waals surface area contributed by atoms with Gasteiger partial charge in [-0.25, -0.2) is 4.79 Å². The van der Waals surface area contributed by atoms with Crippen LogP contribution >= 0.6 is 0 Å². The zero-order valence-electron chi connectivity index (χ0n) is 13.0. The summed E-state index contributed by atoms with van der Waals surface area (Å²) in [4.78, 5) is 34.4. The molecule has 2 rings (SSSR count). The number of ether oxygens (including phenoxy) is 1. The number of anilines is 1. The molecule has 0 saturated heterocycles. The highest BCUT2D eigenvalue weighted by Crippen LogP contribution is 2.23. The van der Waals surface area contributed by atoms with Crippen LogP contribution in [0.3, 0.4) is 0 Å². The number of carbonyl (C=O) groups excluding carboxylic acids is 3. The minimum atomic E-state index is -0.657. The van der Waals surface area contributed by atoms with Crippen molar-refractivity contribution in [1.82, 2.24) is 10.6 Å². The molecule has 2 aromatic rings. The van der Waals surface area contributed by atoms with Crippen molar-refractivity contribution < 1.29 is 23.5 Å². The lowest BCUT2D eigenvalue weighted by Gasteiger charge is -2.11. The molecule has 1 heterocycles. The van der Waals surface area contributed by atoms with Crippen molar-refractivity contribution in [2.24, 2.45) is 0 Å². The van der Waals surface area contributed by atoms with E-state index >= 15 is 0 Å². The van der Waals surface area contributed by atoms with Crippen molar-refractivity contribution in [2.75, 3.05) is 11.9 Å². The van der Waals surface area contributed by atoms with Gasteiger partial charge in [0.1, 0.15) is 11.5 Å². The number of carbonyl (C=O) groups is 3. The van der Waals surface area contributed by atoms with E-state index in [0.29, 0.717) is 17.2 Å². The maximum atomic E-state index is 11.7. The van der Waals surface area contributed by atoms with Gasteiger partial charge in [-0.3, -0.25) is 14.9 Å². The molecular weight excluding hydrogens is 314 g/mol. The number of benzene rings is 1. The molecule has 0 aliphatic heterocycles. The number of nitrogens with one attached hydrogen (secondary N) is 3. The fourth-order valence-corrected chi connectivity index (χ4v) is 1.82. The topological polar surface area (TPSA) is 110 Å². The third-order valence-corrected chi connectivity index (χ3v) is 2.81. The maximum Gasteiger partial charge on any atom is 0.321 e. The predicted octanol–water partition coefficient (Wildman–Crippen LogP) is 1.64. The van der Waals surface area contributed by atoms with Crippen LogP contribution in [-0.4, -0.2) is 24.5 Å².